The molecule has 1 fully saturated rings. The number of hydrogen-bond donors (Lipinski definition) is 3. The number of aromatic nitrogens is 1. The van der Waals surface area contributed by atoms with Crippen LogP contribution in [0, 0.1) is 11.3 Å². The maximum atomic E-state index is 9.46. The third-order valence-electron chi connectivity index (χ3n) is 3.50. The van der Waals surface area contributed by atoms with Crippen LogP contribution in [0.3, 0.4) is 0 Å². The van der Waals surface area contributed by atoms with Gasteiger partial charge in [0.25, 0.3) is 0 Å². The molecule has 2 atom stereocenters. The lowest BCUT2D eigenvalue weighted by Crippen LogP contribution is -2.36. The first-order valence-electron chi connectivity index (χ1n) is 5.92. The second-order valence-corrected chi connectivity index (χ2v) is 5.00. The van der Waals surface area contributed by atoms with E-state index < -0.39 is 0 Å². The van der Waals surface area contributed by atoms with E-state index in [4.69, 9.17) is 22.7 Å². The lowest BCUT2D eigenvalue weighted by Gasteiger charge is -2.27. The third-order valence-corrected chi connectivity index (χ3v) is 3.88. The van der Waals surface area contributed by atoms with Crippen LogP contribution >= 0.6 is 11.6 Å². The quantitative estimate of drug-likeness (QED) is 0.568. The molecule has 2 heterocycles. The molecule has 1 aromatic heterocycles. The summed E-state index contributed by atoms with van der Waals surface area (Å²) >= 11 is 6.25. The maximum absolute atomic E-state index is 9.46. The minimum absolute atomic E-state index is 0.0252. The number of nitrogens with two attached hydrogens (primary N) is 1. The Morgan fingerprint density at radius 2 is 2.44 bits per heavy atom. The van der Waals surface area contributed by atoms with Gasteiger partial charge in [-0.05, 0) is 18.4 Å². The molecule has 1 aromatic rings. The summed E-state index contributed by atoms with van der Waals surface area (Å²) in [5.41, 5.74) is 5.96. The Bertz CT molecular complexity index is 465. The van der Waals surface area contributed by atoms with Crippen LogP contribution in [0.4, 0.5) is 5.82 Å². The molecule has 0 bridgehead atoms. The minimum atomic E-state index is -0.0727. The molecule has 2 rings (SSSR count). The molecule has 0 spiro atoms. The molecule has 18 heavy (non-hydrogen) atoms. The van der Waals surface area contributed by atoms with Crippen molar-refractivity contribution in [3.8, 4) is 0 Å². The zero-order valence-corrected chi connectivity index (χ0v) is 11.0. The van der Waals surface area contributed by atoms with Gasteiger partial charge in [0.15, 0.2) is 0 Å². The van der Waals surface area contributed by atoms with Gasteiger partial charge in [-0.15, -0.1) is 0 Å². The molecule has 1 aliphatic rings. The third kappa shape index (κ3) is 2.15. The fourth-order valence-corrected chi connectivity index (χ4v) is 2.71. The van der Waals surface area contributed by atoms with E-state index in [2.05, 4.69) is 11.9 Å². The smallest absolute Gasteiger partial charge is 0.148 e. The molecule has 0 aromatic carbocycles. The highest BCUT2D eigenvalue weighted by Gasteiger charge is 2.33. The maximum Gasteiger partial charge on any atom is 0.148 e. The zero-order chi connectivity index (χ0) is 13.3. The van der Waals surface area contributed by atoms with Gasteiger partial charge in [-0.1, -0.05) is 18.5 Å². The predicted octanol–water partition coefficient (Wildman–Crippen LogP) is 1.23. The largest absolute Gasteiger partial charge is 0.394 e. The number of nitrogen functional groups attached to an aromatic ring is 1. The summed E-state index contributed by atoms with van der Waals surface area (Å²) in [6.45, 7) is 2.98. The van der Waals surface area contributed by atoms with E-state index in [0.29, 0.717) is 22.3 Å². The van der Waals surface area contributed by atoms with Gasteiger partial charge < -0.3 is 15.7 Å². The first-order chi connectivity index (χ1) is 8.56. The predicted molar refractivity (Wildman–Crippen MR) is 72.3 cm³/mol. The first kappa shape index (κ1) is 13.1. The molecule has 98 valence electrons. The van der Waals surface area contributed by atoms with Gasteiger partial charge in [0, 0.05) is 18.3 Å². The van der Waals surface area contributed by atoms with Gasteiger partial charge in [-0.2, -0.15) is 0 Å². The number of hydrogen-bond acceptors (Lipinski definition) is 4. The van der Waals surface area contributed by atoms with Crippen LogP contribution in [0.5, 0.6) is 0 Å². The number of amidine groups is 1. The molecular formula is C12H17ClN4O. The topological polar surface area (TPSA) is 86.2 Å². The second kappa shape index (κ2) is 5.12. The van der Waals surface area contributed by atoms with Crippen molar-refractivity contribution in [1.82, 2.24) is 4.98 Å². The van der Waals surface area contributed by atoms with Crippen LogP contribution in [0.25, 0.3) is 0 Å². The number of aliphatic hydroxyl groups excluding tert-OH is 1. The number of halogens is 1. The number of aliphatic hydroxyl groups is 1. The molecule has 1 aliphatic heterocycles. The van der Waals surface area contributed by atoms with Crippen molar-refractivity contribution in [1.29, 1.82) is 5.41 Å². The van der Waals surface area contributed by atoms with Gasteiger partial charge in [-0.25, -0.2) is 4.98 Å². The average molecular weight is 269 g/mol. The minimum Gasteiger partial charge on any atom is -0.394 e. The molecule has 1 saturated heterocycles. The Morgan fingerprint density at radius 1 is 1.72 bits per heavy atom. The molecule has 0 amide bonds. The molecule has 0 aliphatic carbocycles. The van der Waals surface area contributed by atoms with E-state index in [1.807, 2.05) is 4.90 Å². The van der Waals surface area contributed by atoms with Gasteiger partial charge in [-0.3, -0.25) is 5.41 Å². The monoisotopic (exact) mass is 268 g/mol. The van der Waals surface area contributed by atoms with E-state index in [-0.39, 0.29) is 18.5 Å². The van der Waals surface area contributed by atoms with Crippen molar-refractivity contribution in [2.75, 3.05) is 18.1 Å². The number of nitrogens with zero attached hydrogens (tertiary/aromatic N) is 2. The highest BCUT2D eigenvalue weighted by molar-refractivity contribution is 6.36. The van der Waals surface area contributed by atoms with E-state index in [0.717, 1.165) is 13.0 Å². The van der Waals surface area contributed by atoms with E-state index in [1.54, 1.807) is 12.3 Å². The van der Waals surface area contributed by atoms with Crippen LogP contribution in [0.2, 0.25) is 5.02 Å². The van der Waals surface area contributed by atoms with Gasteiger partial charge >= 0.3 is 0 Å². The van der Waals surface area contributed by atoms with Crippen molar-refractivity contribution < 1.29 is 5.11 Å². The molecular weight excluding hydrogens is 252 g/mol. The highest BCUT2D eigenvalue weighted by atomic mass is 35.5. The average Bonchev–Trinajstić information content (AvgIpc) is 2.70. The van der Waals surface area contributed by atoms with Crippen LogP contribution in [-0.4, -0.2) is 35.1 Å². The lowest BCUT2D eigenvalue weighted by molar-refractivity contribution is 0.244. The Balaban J connectivity index is 2.40. The molecule has 0 saturated carbocycles. The number of nitrogens with one attached hydrogen (secondary N) is 1. The highest BCUT2D eigenvalue weighted by Crippen LogP contribution is 2.34. The van der Waals surface area contributed by atoms with E-state index in [9.17, 15) is 5.11 Å². The number of pyridine rings is 1. The molecule has 0 radical (unpaired) electrons. The fraction of sp³-hybridized carbons (Fsp3) is 0.500. The first-order valence-corrected chi connectivity index (χ1v) is 6.30. The van der Waals surface area contributed by atoms with E-state index in [1.165, 1.54) is 0 Å². The Hall–Kier alpha value is -1.33. The Labute approximate surface area is 111 Å². The SMILES string of the molecule is CC1CCN(c2nccc(C(=N)N)c2Cl)C1CO. The van der Waals surface area contributed by atoms with Crippen LogP contribution < -0.4 is 10.6 Å². The van der Waals surface area contributed by atoms with Crippen molar-refractivity contribution in [2.45, 2.75) is 19.4 Å². The summed E-state index contributed by atoms with van der Waals surface area (Å²) < 4.78 is 0. The molecule has 2 unspecified atom stereocenters. The standard InChI is InChI=1S/C12H17ClN4O/c1-7-3-5-17(9(7)6-18)12-10(13)8(11(14)15)2-4-16-12/h2,4,7,9,18H,3,5-6H2,1H3,(H3,14,15). The van der Waals surface area contributed by atoms with Crippen molar-refractivity contribution >= 4 is 23.3 Å². The molecule has 4 N–H and O–H groups in total. The summed E-state index contributed by atoms with van der Waals surface area (Å²) in [5, 5.41) is 17.3. The van der Waals surface area contributed by atoms with Gasteiger partial charge in [0.2, 0.25) is 0 Å². The summed E-state index contributed by atoms with van der Waals surface area (Å²) in [5.74, 6) is 0.929. The summed E-state index contributed by atoms with van der Waals surface area (Å²) in [4.78, 5) is 6.27. The Kier molecular flexibility index (Phi) is 3.73. The normalized spacial score (nSPS) is 23.4. The van der Waals surface area contributed by atoms with Gasteiger partial charge in [0.1, 0.15) is 11.7 Å². The zero-order valence-electron chi connectivity index (χ0n) is 10.2. The van der Waals surface area contributed by atoms with Crippen molar-refractivity contribution in [2.24, 2.45) is 11.7 Å². The summed E-state index contributed by atoms with van der Waals surface area (Å²) in [7, 11) is 0. The van der Waals surface area contributed by atoms with Crippen LogP contribution in [-0.2, 0) is 0 Å². The summed E-state index contributed by atoms with van der Waals surface area (Å²) in [6.07, 6.45) is 2.59. The Morgan fingerprint density at radius 3 is 3.06 bits per heavy atom. The second-order valence-electron chi connectivity index (χ2n) is 4.62. The van der Waals surface area contributed by atoms with Crippen molar-refractivity contribution in [3.63, 3.8) is 0 Å². The van der Waals surface area contributed by atoms with Crippen LogP contribution in [0.15, 0.2) is 12.3 Å². The molecule has 5 nitrogen and oxygen atoms in total. The van der Waals surface area contributed by atoms with Crippen molar-refractivity contribution in [3.05, 3.63) is 22.8 Å². The van der Waals surface area contributed by atoms with Crippen LogP contribution in [0.1, 0.15) is 18.9 Å². The summed E-state index contributed by atoms with van der Waals surface area (Å²) in [6, 6.07) is 1.65. The fourth-order valence-electron chi connectivity index (χ4n) is 2.39. The number of rotatable bonds is 3. The molecule has 6 heteroatoms. The number of anilines is 1. The van der Waals surface area contributed by atoms with Gasteiger partial charge in [0.05, 0.1) is 17.7 Å². The lowest BCUT2D eigenvalue weighted by atomic mass is 10.0. The van der Waals surface area contributed by atoms with E-state index >= 15 is 0 Å².